The molecule has 16 heavy (non-hydrogen) atoms. The third-order valence-electron chi connectivity index (χ3n) is 2.01. The van der Waals surface area contributed by atoms with Crippen LogP contribution in [0.4, 0.5) is 11.5 Å². The third kappa shape index (κ3) is 2.14. The zero-order valence-electron chi connectivity index (χ0n) is 8.42. The van der Waals surface area contributed by atoms with Gasteiger partial charge in [0, 0.05) is 24.3 Å². The maximum absolute atomic E-state index is 11.8. The first-order valence-electron chi connectivity index (χ1n) is 4.69. The Balaban J connectivity index is 2.19. The van der Waals surface area contributed by atoms with Crippen molar-refractivity contribution in [3.05, 3.63) is 48.4 Å². The van der Waals surface area contributed by atoms with Gasteiger partial charge < -0.3 is 11.1 Å². The van der Waals surface area contributed by atoms with Gasteiger partial charge in [0.2, 0.25) is 0 Å². The summed E-state index contributed by atoms with van der Waals surface area (Å²) in [5.74, 6) is 0.167. The largest absolute Gasteiger partial charge is 0.398 e. The van der Waals surface area contributed by atoms with Crippen molar-refractivity contribution in [1.29, 1.82) is 0 Å². The predicted octanol–water partition coefficient (Wildman–Crippen LogP) is 1.31. The fourth-order valence-electron chi connectivity index (χ4n) is 1.22. The Morgan fingerprint density at radius 2 is 2.12 bits per heavy atom. The lowest BCUT2D eigenvalue weighted by Gasteiger charge is -2.05. The van der Waals surface area contributed by atoms with Crippen LogP contribution < -0.4 is 11.1 Å². The smallest absolute Gasteiger partial charge is 0.260 e. The number of nitrogens with one attached hydrogen (secondary N) is 1. The average Bonchev–Trinajstić information content (AvgIpc) is 2.31. The Morgan fingerprint density at radius 3 is 2.81 bits per heavy atom. The molecule has 0 atom stereocenters. The fraction of sp³-hybridized carbons (Fsp3) is 0. The van der Waals surface area contributed by atoms with Crippen LogP contribution in [0.2, 0.25) is 0 Å². The molecule has 0 spiro atoms. The number of nitrogen functional groups attached to an aromatic ring is 1. The van der Waals surface area contributed by atoms with E-state index in [4.69, 9.17) is 5.73 Å². The number of pyridine rings is 2. The third-order valence-corrected chi connectivity index (χ3v) is 2.01. The zero-order chi connectivity index (χ0) is 11.4. The maximum Gasteiger partial charge on any atom is 0.260 e. The number of aromatic nitrogens is 2. The number of carbonyl (C=O) groups excluding carboxylic acids is 1. The summed E-state index contributed by atoms with van der Waals surface area (Å²) >= 11 is 0. The molecule has 2 heterocycles. The van der Waals surface area contributed by atoms with E-state index in [0.29, 0.717) is 17.1 Å². The number of nitrogens with two attached hydrogens (primary N) is 1. The Morgan fingerprint density at radius 1 is 1.25 bits per heavy atom. The molecule has 0 aliphatic carbocycles. The number of hydrogen-bond donors (Lipinski definition) is 2. The van der Waals surface area contributed by atoms with Gasteiger partial charge in [-0.2, -0.15) is 0 Å². The van der Waals surface area contributed by atoms with Gasteiger partial charge in [0.1, 0.15) is 5.82 Å². The van der Waals surface area contributed by atoms with Crippen LogP contribution in [0.25, 0.3) is 0 Å². The number of hydrogen-bond acceptors (Lipinski definition) is 4. The molecule has 5 heteroatoms. The second-order valence-electron chi connectivity index (χ2n) is 3.13. The highest BCUT2D eigenvalue weighted by Gasteiger charge is 2.09. The van der Waals surface area contributed by atoms with Gasteiger partial charge in [0.25, 0.3) is 5.91 Å². The highest BCUT2D eigenvalue weighted by molar-refractivity contribution is 6.06. The van der Waals surface area contributed by atoms with E-state index in [0.717, 1.165) is 0 Å². The van der Waals surface area contributed by atoms with E-state index in [9.17, 15) is 4.79 Å². The van der Waals surface area contributed by atoms with Crippen molar-refractivity contribution >= 4 is 17.4 Å². The molecule has 0 aliphatic heterocycles. The molecule has 0 saturated carbocycles. The highest BCUT2D eigenvalue weighted by Crippen LogP contribution is 2.11. The van der Waals surface area contributed by atoms with Crippen LogP contribution in [-0.2, 0) is 0 Å². The molecule has 2 aromatic heterocycles. The van der Waals surface area contributed by atoms with E-state index in [1.807, 2.05) is 0 Å². The number of nitrogens with zero attached hydrogens (tertiary/aromatic N) is 2. The number of carbonyl (C=O) groups is 1. The number of rotatable bonds is 2. The first-order chi connectivity index (χ1) is 7.77. The van der Waals surface area contributed by atoms with E-state index in [2.05, 4.69) is 15.3 Å². The highest BCUT2D eigenvalue weighted by atomic mass is 16.1. The Hall–Kier alpha value is -2.43. The Bertz CT molecular complexity index is 498. The average molecular weight is 214 g/mol. The van der Waals surface area contributed by atoms with E-state index < -0.39 is 0 Å². The summed E-state index contributed by atoms with van der Waals surface area (Å²) in [6, 6.07) is 6.83. The molecule has 2 rings (SSSR count). The summed E-state index contributed by atoms with van der Waals surface area (Å²) in [6.45, 7) is 0. The maximum atomic E-state index is 11.8. The molecule has 2 aromatic rings. The van der Waals surface area contributed by atoms with E-state index in [1.165, 1.54) is 12.4 Å². The molecule has 0 fully saturated rings. The lowest BCUT2D eigenvalue weighted by Crippen LogP contribution is -2.14. The van der Waals surface area contributed by atoms with Crippen LogP contribution in [0.15, 0.2) is 42.9 Å². The molecule has 1 amide bonds. The minimum Gasteiger partial charge on any atom is -0.398 e. The van der Waals surface area contributed by atoms with Crippen LogP contribution in [0.3, 0.4) is 0 Å². The fourth-order valence-corrected chi connectivity index (χ4v) is 1.22. The normalized spacial score (nSPS) is 9.75. The van der Waals surface area contributed by atoms with Gasteiger partial charge in [0.15, 0.2) is 0 Å². The van der Waals surface area contributed by atoms with Gasteiger partial charge in [0.05, 0.1) is 5.56 Å². The minimum absolute atomic E-state index is 0.315. The lowest BCUT2D eigenvalue weighted by molar-refractivity contribution is 0.102. The molecule has 0 saturated heterocycles. The van der Waals surface area contributed by atoms with E-state index in [-0.39, 0.29) is 5.91 Å². The first-order valence-corrected chi connectivity index (χ1v) is 4.69. The van der Waals surface area contributed by atoms with Crippen LogP contribution in [0.1, 0.15) is 10.4 Å². The van der Waals surface area contributed by atoms with E-state index in [1.54, 1.807) is 30.5 Å². The zero-order valence-corrected chi connectivity index (χ0v) is 8.42. The van der Waals surface area contributed by atoms with Crippen molar-refractivity contribution in [3.8, 4) is 0 Å². The Labute approximate surface area is 92.3 Å². The summed E-state index contributed by atoms with van der Waals surface area (Å²) in [6.07, 6.45) is 4.56. The van der Waals surface area contributed by atoms with Gasteiger partial charge in [-0.3, -0.25) is 9.78 Å². The molecule has 0 unspecified atom stereocenters. The van der Waals surface area contributed by atoms with Gasteiger partial charge >= 0.3 is 0 Å². The summed E-state index contributed by atoms with van der Waals surface area (Å²) in [7, 11) is 0. The van der Waals surface area contributed by atoms with Gasteiger partial charge in [-0.05, 0) is 18.2 Å². The molecule has 0 aromatic carbocycles. The summed E-state index contributed by atoms with van der Waals surface area (Å²) in [5.41, 5.74) is 6.39. The van der Waals surface area contributed by atoms with Crippen LogP contribution in [-0.4, -0.2) is 15.9 Å². The topological polar surface area (TPSA) is 80.9 Å². The predicted molar refractivity (Wildman–Crippen MR) is 60.8 cm³/mol. The molecule has 3 N–H and O–H groups in total. The molecule has 0 radical (unpaired) electrons. The summed E-state index contributed by atoms with van der Waals surface area (Å²) in [4.78, 5) is 19.6. The van der Waals surface area contributed by atoms with Gasteiger partial charge in [-0.25, -0.2) is 4.98 Å². The van der Waals surface area contributed by atoms with Gasteiger partial charge in [-0.1, -0.05) is 6.07 Å². The lowest BCUT2D eigenvalue weighted by atomic mass is 10.2. The number of anilines is 2. The standard InChI is InChI=1S/C11H10N4O/c12-9-4-6-13-7-8(9)11(16)15-10-3-1-2-5-14-10/h1-7H,(H2,12,13)(H,14,15,16). The molecule has 80 valence electrons. The van der Waals surface area contributed by atoms with Crippen molar-refractivity contribution in [2.75, 3.05) is 11.1 Å². The molecule has 0 bridgehead atoms. The Kier molecular flexibility index (Phi) is 2.77. The molecular weight excluding hydrogens is 204 g/mol. The minimum atomic E-state index is -0.315. The van der Waals surface area contributed by atoms with Crippen LogP contribution in [0, 0.1) is 0 Å². The molecule has 0 aliphatic rings. The quantitative estimate of drug-likeness (QED) is 0.789. The first kappa shape index (κ1) is 10.1. The summed E-state index contributed by atoms with van der Waals surface area (Å²) < 4.78 is 0. The molecule has 5 nitrogen and oxygen atoms in total. The van der Waals surface area contributed by atoms with Crippen molar-refractivity contribution in [3.63, 3.8) is 0 Å². The molecular formula is C11H10N4O. The van der Waals surface area contributed by atoms with Gasteiger partial charge in [-0.15, -0.1) is 0 Å². The second-order valence-corrected chi connectivity index (χ2v) is 3.13. The van der Waals surface area contributed by atoms with Crippen LogP contribution >= 0.6 is 0 Å². The van der Waals surface area contributed by atoms with Crippen molar-refractivity contribution < 1.29 is 4.79 Å². The summed E-state index contributed by atoms with van der Waals surface area (Å²) in [5, 5.41) is 2.63. The monoisotopic (exact) mass is 214 g/mol. The SMILES string of the molecule is Nc1ccncc1C(=O)Nc1ccccn1. The van der Waals surface area contributed by atoms with Crippen molar-refractivity contribution in [2.24, 2.45) is 0 Å². The number of amides is 1. The van der Waals surface area contributed by atoms with Crippen LogP contribution in [0.5, 0.6) is 0 Å². The van der Waals surface area contributed by atoms with Crippen molar-refractivity contribution in [2.45, 2.75) is 0 Å². The van der Waals surface area contributed by atoms with E-state index >= 15 is 0 Å². The second kappa shape index (κ2) is 4.39. The van der Waals surface area contributed by atoms with Crippen molar-refractivity contribution in [1.82, 2.24) is 9.97 Å².